The summed E-state index contributed by atoms with van der Waals surface area (Å²) in [6, 6.07) is 32.6. The maximum atomic E-state index is 6.60. The summed E-state index contributed by atoms with van der Waals surface area (Å²) in [6.45, 7) is 6.23. The SMILES string of the molecule is COC1CN(Cc2ccccc2)C(=Nc2ccc(N3CCN(c4ccc(OC[C@@H]5CO[C@@](Cn6cncn6)(c6ccc(Cl)cc6Cl)O5)cc4)CC3)cc2)S1. The highest BCUT2D eigenvalue weighted by atomic mass is 35.5. The molecule has 5 aromatic rings. The van der Waals surface area contributed by atoms with E-state index in [0.29, 0.717) is 28.8 Å². The Morgan fingerprint density at radius 3 is 2.30 bits per heavy atom. The summed E-state index contributed by atoms with van der Waals surface area (Å²) in [5.74, 6) is -0.390. The molecule has 3 saturated heterocycles. The number of hydrogen-bond acceptors (Lipinski definition) is 10. The van der Waals surface area contributed by atoms with Gasteiger partial charge in [-0.05, 0) is 66.2 Å². The van der Waals surface area contributed by atoms with E-state index in [0.717, 1.165) is 55.9 Å². The lowest BCUT2D eigenvalue weighted by Gasteiger charge is -2.37. The molecule has 280 valence electrons. The van der Waals surface area contributed by atoms with E-state index in [2.05, 4.69) is 85.4 Å². The smallest absolute Gasteiger partial charge is 0.217 e. The van der Waals surface area contributed by atoms with Gasteiger partial charge in [0.1, 0.15) is 43.1 Å². The quantitative estimate of drug-likeness (QED) is 0.127. The number of rotatable bonds is 12. The van der Waals surface area contributed by atoms with Crippen LogP contribution in [0.4, 0.5) is 17.1 Å². The molecule has 0 bridgehead atoms. The number of hydrogen-bond donors (Lipinski definition) is 0. The molecule has 0 amide bonds. The van der Waals surface area contributed by atoms with Gasteiger partial charge in [0.2, 0.25) is 5.79 Å². The van der Waals surface area contributed by atoms with E-state index in [-0.39, 0.29) is 18.1 Å². The Balaban J connectivity index is 0.834. The fourth-order valence-electron chi connectivity index (χ4n) is 6.94. The van der Waals surface area contributed by atoms with Crippen LogP contribution >= 0.6 is 35.0 Å². The molecule has 1 aromatic heterocycles. The van der Waals surface area contributed by atoms with Gasteiger partial charge in [0.15, 0.2) is 5.17 Å². The molecule has 3 aliphatic rings. The van der Waals surface area contributed by atoms with E-state index in [1.807, 2.05) is 24.3 Å². The first kappa shape index (κ1) is 36.7. The molecule has 4 heterocycles. The Morgan fingerprint density at radius 2 is 1.63 bits per heavy atom. The molecule has 3 atom stereocenters. The van der Waals surface area contributed by atoms with Crippen molar-refractivity contribution >= 4 is 57.2 Å². The average Bonchev–Trinajstić information content (AvgIpc) is 3.96. The monoisotopic (exact) mass is 785 g/mol. The normalized spacial score (nSPS) is 22.4. The third kappa shape index (κ3) is 8.49. The fraction of sp³-hybridized carbons (Fsp3) is 0.325. The van der Waals surface area contributed by atoms with Crippen molar-refractivity contribution in [3.63, 3.8) is 0 Å². The topological polar surface area (TPSA) is 89.7 Å². The van der Waals surface area contributed by atoms with Crippen LogP contribution in [0.15, 0.2) is 115 Å². The van der Waals surface area contributed by atoms with Crippen LogP contribution in [-0.2, 0) is 33.1 Å². The largest absolute Gasteiger partial charge is 0.491 e. The summed E-state index contributed by atoms with van der Waals surface area (Å²) in [7, 11) is 1.76. The third-order valence-electron chi connectivity index (χ3n) is 9.75. The summed E-state index contributed by atoms with van der Waals surface area (Å²) in [5.41, 5.74) is 5.33. The van der Waals surface area contributed by atoms with Gasteiger partial charge in [0, 0.05) is 61.8 Å². The molecule has 8 rings (SSSR count). The van der Waals surface area contributed by atoms with Crippen LogP contribution in [0.1, 0.15) is 11.1 Å². The Labute approximate surface area is 329 Å². The second-order valence-electron chi connectivity index (χ2n) is 13.4. The maximum absolute atomic E-state index is 6.60. The predicted octanol–water partition coefficient (Wildman–Crippen LogP) is 7.47. The predicted molar refractivity (Wildman–Crippen MR) is 214 cm³/mol. The van der Waals surface area contributed by atoms with Crippen LogP contribution in [0, 0.1) is 0 Å². The molecule has 14 heteroatoms. The highest BCUT2D eigenvalue weighted by molar-refractivity contribution is 8.14. The number of methoxy groups -OCH3 is 1. The van der Waals surface area contributed by atoms with Gasteiger partial charge in [0.05, 0.1) is 23.9 Å². The van der Waals surface area contributed by atoms with Gasteiger partial charge in [-0.25, -0.2) is 14.7 Å². The van der Waals surface area contributed by atoms with Crippen molar-refractivity contribution in [1.82, 2.24) is 19.7 Å². The number of amidine groups is 1. The average molecular weight is 787 g/mol. The van der Waals surface area contributed by atoms with Gasteiger partial charge in [-0.15, -0.1) is 0 Å². The van der Waals surface area contributed by atoms with Gasteiger partial charge in [-0.3, -0.25) is 0 Å². The van der Waals surface area contributed by atoms with Crippen molar-refractivity contribution in [2.75, 3.05) is 62.8 Å². The van der Waals surface area contributed by atoms with Gasteiger partial charge in [-0.2, -0.15) is 5.10 Å². The highest BCUT2D eigenvalue weighted by Gasteiger charge is 2.45. The molecule has 0 aliphatic carbocycles. The number of benzene rings is 4. The number of aliphatic imine (C=N–C) groups is 1. The number of piperazine rings is 1. The minimum Gasteiger partial charge on any atom is -0.491 e. The van der Waals surface area contributed by atoms with Crippen molar-refractivity contribution in [2.24, 2.45) is 4.99 Å². The van der Waals surface area contributed by atoms with E-state index in [4.69, 9.17) is 47.1 Å². The Morgan fingerprint density at radius 1 is 0.907 bits per heavy atom. The molecule has 0 N–H and O–H groups in total. The van der Waals surface area contributed by atoms with Crippen LogP contribution < -0.4 is 14.5 Å². The minimum atomic E-state index is -1.15. The van der Waals surface area contributed by atoms with Crippen LogP contribution in [0.2, 0.25) is 10.0 Å². The zero-order valence-electron chi connectivity index (χ0n) is 29.8. The first-order valence-electron chi connectivity index (χ1n) is 17.9. The molecule has 3 fully saturated rings. The molecule has 3 aliphatic heterocycles. The summed E-state index contributed by atoms with van der Waals surface area (Å²) in [4.78, 5) is 16.2. The first-order valence-corrected chi connectivity index (χ1v) is 19.6. The molecule has 11 nitrogen and oxygen atoms in total. The lowest BCUT2D eigenvalue weighted by atomic mass is 10.1. The van der Waals surface area contributed by atoms with Crippen molar-refractivity contribution in [3.05, 3.63) is 131 Å². The summed E-state index contributed by atoms with van der Waals surface area (Å²) < 4.78 is 26.3. The lowest BCUT2D eigenvalue weighted by Crippen LogP contribution is -2.46. The number of halogens is 2. The summed E-state index contributed by atoms with van der Waals surface area (Å²) >= 11 is 14.5. The van der Waals surface area contributed by atoms with Crippen molar-refractivity contribution in [3.8, 4) is 5.75 Å². The zero-order chi connectivity index (χ0) is 36.9. The fourth-order valence-corrected chi connectivity index (χ4v) is 8.52. The minimum absolute atomic E-state index is 0.0772. The Kier molecular flexibility index (Phi) is 11.3. The van der Waals surface area contributed by atoms with Crippen molar-refractivity contribution in [2.45, 2.75) is 30.4 Å². The number of aromatic nitrogens is 3. The molecule has 1 unspecified atom stereocenters. The van der Waals surface area contributed by atoms with Crippen LogP contribution in [-0.4, -0.2) is 89.4 Å². The van der Waals surface area contributed by atoms with Crippen LogP contribution in [0.25, 0.3) is 0 Å². The van der Waals surface area contributed by atoms with E-state index in [1.54, 1.807) is 42.0 Å². The molecule has 0 spiro atoms. The van der Waals surface area contributed by atoms with Crippen LogP contribution in [0.3, 0.4) is 0 Å². The molecular formula is C40H41Cl2N7O4S. The van der Waals surface area contributed by atoms with Crippen molar-refractivity contribution < 1.29 is 18.9 Å². The van der Waals surface area contributed by atoms with Crippen molar-refractivity contribution in [1.29, 1.82) is 0 Å². The number of nitrogens with zero attached hydrogens (tertiary/aromatic N) is 7. The second-order valence-corrected chi connectivity index (χ2v) is 15.3. The van der Waals surface area contributed by atoms with Gasteiger partial charge in [0.25, 0.3) is 0 Å². The molecule has 54 heavy (non-hydrogen) atoms. The number of ether oxygens (including phenoxy) is 4. The van der Waals surface area contributed by atoms with Gasteiger partial charge in [-0.1, -0.05) is 71.4 Å². The lowest BCUT2D eigenvalue weighted by molar-refractivity contribution is -0.190. The Bertz CT molecular complexity index is 2020. The zero-order valence-corrected chi connectivity index (χ0v) is 32.2. The molecular weight excluding hydrogens is 745 g/mol. The number of thioether (sulfide) groups is 1. The summed E-state index contributed by atoms with van der Waals surface area (Å²) in [6.07, 6.45) is 2.76. The van der Waals surface area contributed by atoms with Gasteiger partial charge < -0.3 is 33.6 Å². The van der Waals surface area contributed by atoms with E-state index >= 15 is 0 Å². The van der Waals surface area contributed by atoms with Gasteiger partial charge >= 0.3 is 0 Å². The van der Waals surface area contributed by atoms with E-state index in [1.165, 1.54) is 23.3 Å². The van der Waals surface area contributed by atoms with E-state index in [9.17, 15) is 0 Å². The molecule has 0 saturated carbocycles. The second kappa shape index (κ2) is 16.6. The Hall–Kier alpha value is -4.30. The third-order valence-corrected chi connectivity index (χ3v) is 11.5. The molecule has 0 radical (unpaired) electrons. The van der Waals surface area contributed by atoms with Crippen LogP contribution in [0.5, 0.6) is 5.75 Å². The first-order chi connectivity index (χ1) is 26.4. The highest BCUT2D eigenvalue weighted by Crippen LogP contribution is 2.40. The number of anilines is 2. The standard InChI is InChI=1S/C40H41Cl2N7O4S/c1-50-38-23-48(22-29-5-3-2-4-6-29)39(54-38)45-31-8-10-32(11-9-31)46-17-19-47(20-18-46)33-12-14-34(15-13-33)51-24-35-25-52-40(53-35,26-49-28-43-27-44-49)36-16-7-30(41)21-37(36)42/h2-16,21,27-28,35,38H,17-20,22-26H2,1H3/t35-,38?,40-/m1/s1. The summed E-state index contributed by atoms with van der Waals surface area (Å²) in [5, 5.41) is 6.23. The maximum Gasteiger partial charge on any atom is 0.217 e. The van der Waals surface area contributed by atoms with E-state index < -0.39 is 5.79 Å². The molecule has 4 aromatic carbocycles.